The quantitative estimate of drug-likeness (QED) is 0.664. The molecule has 1 fully saturated rings. The number of anilines is 1. The van der Waals surface area contributed by atoms with Gasteiger partial charge in [-0.05, 0) is 68.2 Å². The highest BCUT2D eigenvalue weighted by atomic mass is 16.3. The minimum Gasteiger partial charge on any atom is -0.396 e. The molecule has 25 heavy (non-hydrogen) atoms. The van der Waals surface area contributed by atoms with Crippen LogP contribution in [0.15, 0.2) is 24.3 Å². The van der Waals surface area contributed by atoms with E-state index in [0.29, 0.717) is 24.4 Å². The summed E-state index contributed by atoms with van der Waals surface area (Å²) in [6.07, 6.45) is 4.71. The molecule has 5 nitrogen and oxygen atoms in total. The first-order chi connectivity index (χ1) is 12.0. The van der Waals surface area contributed by atoms with E-state index >= 15 is 0 Å². The zero-order valence-corrected chi connectivity index (χ0v) is 15.3. The molecule has 0 atom stereocenters. The van der Waals surface area contributed by atoms with Gasteiger partial charge in [-0.25, -0.2) is 0 Å². The molecule has 0 bridgehead atoms. The van der Waals surface area contributed by atoms with Gasteiger partial charge in [-0.2, -0.15) is 0 Å². The van der Waals surface area contributed by atoms with Crippen molar-refractivity contribution in [1.29, 1.82) is 0 Å². The van der Waals surface area contributed by atoms with Crippen LogP contribution in [-0.2, 0) is 4.79 Å². The fourth-order valence-corrected chi connectivity index (χ4v) is 3.38. The highest BCUT2D eigenvalue weighted by Gasteiger charge is 2.27. The van der Waals surface area contributed by atoms with Crippen LogP contribution in [-0.4, -0.2) is 30.1 Å². The van der Waals surface area contributed by atoms with Gasteiger partial charge in [0.25, 0.3) is 5.91 Å². The molecule has 138 valence electrons. The van der Waals surface area contributed by atoms with E-state index < -0.39 is 0 Å². The summed E-state index contributed by atoms with van der Waals surface area (Å²) in [7, 11) is 0. The van der Waals surface area contributed by atoms with Gasteiger partial charge in [0.15, 0.2) is 0 Å². The third-order valence-electron chi connectivity index (χ3n) is 5.12. The number of hydrogen-bond donors (Lipinski definition) is 3. The average Bonchev–Trinajstić information content (AvgIpc) is 2.62. The molecule has 1 saturated carbocycles. The van der Waals surface area contributed by atoms with E-state index in [1.54, 1.807) is 24.3 Å². The van der Waals surface area contributed by atoms with Gasteiger partial charge in [-0.1, -0.05) is 13.8 Å². The molecule has 0 heterocycles. The average molecular weight is 346 g/mol. The number of hydrogen-bond acceptors (Lipinski definition) is 3. The summed E-state index contributed by atoms with van der Waals surface area (Å²) in [5.74, 6) is 1.45. The van der Waals surface area contributed by atoms with Crippen LogP contribution in [0.25, 0.3) is 0 Å². The predicted molar refractivity (Wildman–Crippen MR) is 99.4 cm³/mol. The molecule has 2 rings (SSSR count). The Labute approximate surface area is 150 Å². The Morgan fingerprint density at radius 2 is 1.76 bits per heavy atom. The standard InChI is InChI=1S/C20H30N2O3/c1-14(2)15-4-6-17(7-5-15)20(25)22-18-10-8-16(9-11-18)19(24)21-12-3-13-23/h8-11,14-15,17,23H,3-7,12-13H2,1-2H3,(H,21,24)(H,22,25). The van der Waals surface area contributed by atoms with E-state index in [0.717, 1.165) is 37.3 Å². The number of carbonyl (C=O) groups is 2. The first-order valence-corrected chi connectivity index (χ1v) is 9.31. The Morgan fingerprint density at radius 1 is 1.12 bits per heavy atom. The fraction of sp³-hybridized carbons (Fsp3) is 0.600. The molecule has 0 saturated heterocycles. The van der Waals surface area contributed by atoms with E-state index in [2.05, 4.69) is 24.5 Å². The number of nitrogens with one attached hydrogen (secondary N) is 2. The fourth-order valence-electron chi connectivity index (χ4n) is 3.38. The Bertz CT molecular complexity index is 561. The first kappa shape index (κ1) is 19.4. The number of aliphatic hydroxyl groups is 1. The van der Waals surface area contributed by atoms with Crippen LogP contribution in [0, 0.1) is 17.8 Å². The molecule has 0 radical (unpaired) electrons. The molecule has 1 aliphatic carbocycles. The number of amides is 2. The van der Waals surface area contributed by atoms with Crippen LogP contribution in [0.3, 0.4) is 0 Å². The Kier molecular flexibility index (Phi) is 7.44. The van der Waals surface area contributed by atoms with E-state index in [4.69, 9.17) is 5.11 Å². The summed E-state index contributed by atoms with van der Waals surface area (Å²) in [5.41, 5.74) is 1.27. The number of aliphatic hydroxyl groups excluding tert-OH is 1. The zero-order valence-electron chi connectivity index (χ0n) is 15.3. The van der Waals surface area contributed by atoms with Gasteiger partial charge >= 0.3 is 0 Å². The van der Waals surface area contributed by atoms with Crippen molar-refractivity contribution in [3.8, 4) is 0 Å². The summed E-state index contributed by atoms with van der Waals surface area (Å²) in [6.45, 7) is 5.02. The maximum Gasteiger partial charge on any atom is 0.251 e. The monoisotopic (exact) mass is 346 g/mol. The lowest BCUT2D eigenvalue weighted by Gasteiger charge is -2.30. The second kappa shape index (κ2) is 9.56. The molecule has 1 aromatic carbocycles. The van der Waals surface area contributed by atoms with Crippen molar-refractivity contribution < 1.29 is 14.7 Å². The zero-order chi connectivity index (χ0) is 18.2. The highest BCUT2D eigenvalue weighted by molar-refractivity contribution is 5.96. The van der Waals surface area contributed by atoms with Crippen molar-refractivity contribution in [3.63, 3.8) is 0 Å². The van der Waals surface area contributed by atoms with Crippen molar-refractivity contribution in [2.45, 2.75) is 46.0 Å². The molecule has 2 amide bonds. The third kappa shape index (κ3) is 5.85. The van der Waals surface area contributed by atoms with Gasteiger partial charge in [-0.15, -0.1) is 0 Å². The minimum atomic E-state index is -0.168. The number of benzene rings is 1. The lowest BCUT2D eigenvalue weighted by Crippen LogP contribution is -2.28. The van der Waals surface area contributed by atoms with Gasteiger partial charge in [0, 0.05) is 30.3 Å². The highest BCUT2D eigenvalue weighted by Crippen LogP contribution is 2.33. The van der Waals surface area contributed by atoms with Crippen molar-refractivity contribution in [2.75, 3.05) is 18.5 Å². The van der Waals surface area contributed by atoms with Crippen molar-refractivity contribution in [1.82, 2.24) is 5.32 Å². The smallest absolute Gasteiger partial charge is 0.251 e. The maximum atomic E-state index is 12.4. The van der Waals surface area contributed by atoms with E-state index in [1.165, 1.54) is 0 Å². The van der Waals surface area contributed by atoms with Crippen LogP contribution >= 0.6 is 0 Å². The Balaban J connectivity index is 1.82. The van der Waals surface area contributed by atoms with Crippen LogP contribution in [0.4, 0.5) is 5.69 Å². The third-order valence-corrected chi connectivity index (χ3v) is 5.12. The summed E-state index contributed by atoms with van der Waals surface area (Å²) < 4.78 is 0. The van der Waals surface area contributed by atoms with Crippen LogP contribution < -0.4 is 10.6 Å². The summed E-state index contributed by atoms with van der Waals surface area (Å²) in [5, 5.41) is 14.4. The van der Waals surface area contributed by atoms with Gasteiger partial charge in [0.1, 0.15) is 0 Å². The van der Waals surface area contributed by atoms with Crippen LogP contribution in [0.2, 0.25) is 0 Å². The molecule has 0 aromatic heterocycles. The molecule has 1 aromatic rings. The molecule has 3 N–H and O–H groups in total. The van der Waals surface area contributed by atoms with Gasteiger partial charge in [-0.3, -0.25) is 9.59 Å². The maximum absolute atomic E-state index is 12.4. The molecule has 0 spiro atoms. The normalized spacial score (nSPS) is 20.3. The van der Waals surface area contributed by atoms with E-state index in [9.17, 15) is 9.59 Å². The van der Waals surface area contributed by atoms with Crippen molar-refractivity contribution in [2.24, 2.45) is 17.8 Å². The van der Waals surface area contributed by atoms with Gasteiger partial charge < -0.3 is 15.7 Å². The van der Waals surface area contributed by atoms with Crippen molar-refractivity contribution >= 4 is 17.5 Å². The molecule has 1 aliphatic rings. The molecular weight excluding hydrogens is 316 g/mol. The summed E-state index contributed by atoms with van der Waals surface area (Å²) in [6, 6.07) is 6.94. The van der Waals surface area contributed by atoms with Gasteiger partial charge in [0.05, 0.1) is 0 Å². The second-order valence-electron chi connectivity index (χ2n) is 7.26. The SMILES string of the molecule is CC(C)C1CCC(C(=O)Nc2ccc(C(=O)NCCCO)cc2)CC1. The molecule has 5 heteroatoms. The van der Waals surface area contributed by atoms with Crippen molar-refractivity contribution in [3.05, 3.63) is 29.8 Å². The Hall–Kier alpha value is -1.88. The number of carbonyl (C=O) groups excluding carboxylic acids is 2. The topological polar surface area (TPSA) is 78.4 Å². The van der Waals surface area contributed by atoms with Crippen LogP contribution in [0.1, 0.15) is 56.3 Å². The predicted octanol–water partition coefficient (Wildman–Crippen LogP) is 3.20. The summed E-state index contributed by atoms with van der Waals surface area (Å²) >= 11 is 0. The Morgan fingerprint density at radius 3 is 2.32 bits per heavy atom. The van der Waals surface area contributed by atoms with E-state index in [-0.39, 0.29) is 24.3 Å². The molecule has 0 aliphatic heterocycles. The van der Waals surface area contributed by atoms with E-state index in [1.807, 2.05) is 0 Å². The summed E-state index contributed by atoms with van der Waals surface area (Å²) in [4.78, 5) is 24.3. The lowest BCUT2D eigenvalue weighted by atomic mass is 9.76. The first-order valence-electron chi connectivity index (χ1n) is 9.31. The van der Waals surface area contributed by atoms with Gasteiger partial charge in [0.2, 0.25) is 5.91 Å². The van der Waals surface area contributed by atoms with Crippen LogP contribution in [0.5, 0.6) is 0 Å². The number of rotatable bonds is 7. The largest absolute Gasteiger partial charge is 0.396 e. The second-order valence-corrected chi connectivity index (χ2v) is 7.26. The molecule has 0 unspecified atom stereocenters. The minimum absolute atomic E-state index is 0.0599. The molecular formula is C20H30N2O3. The lowest BCUT2D eigenvalue weighted by molar-refractivity contribution is -0.121.